The second-order valence-electron chi connectivity index (χ2n) is 5.29. The molecule has 2 rings (SSSR count). The molecule has 0 aliphatic rings. The van der Waals surface area contributed by atoms with Crippen LogP contribution in [0.4, 0.5) is 14.5 Å². The molecule has 2 aromatic carbocycles. The van der Waals surface area contributed by atoms with Crippen LogP contribution in [0.2, 0.25) is 0 Å². The quantitative estimate of drug-likeness (QED) is 0.728. The number of aliphatic carboxylic acids is 1. The average Bonchev–Trinajstić information content (AvgIpc) is 2.57. The van der Waals surface area contributed by atoms with Gasteiger partial charge in [-0.15, -0.1) is 0 Å². The van der Waals surface area contributed by atoms with Gasteiger partial charge in [0.05, 0.1) is 0 Å². The normalized spacial score (nSPS) is 10.6. The Balaban J connectivity index is 1.86. The van der Waals surface area contributed by atoms with Gasteiger partial charge in [0.2, 0.25) is 0 Å². The SMILES string of the molecule is O=C(O)CCc1cccc(NCc2ccc(OCC(F)F)cc2)c1. The van der Waals surface area contributed by atoms with E-state index in [9.17, 15) is 13.6 Å². The fourth-order valence-corrected chi connectivity index (χ4v) is 2.15. The second-order valence-corrected chi connectivity index (χ2v) is 5.29. The number of hydrogen-bond acceptors (Lipinski definition) is 3. The molecular formula is C18H19F2NO3. The molecule has 0 heterocycles. The highest BCUT2D eigenvalue weighted by Gasteiger charge is 2.04. The molecule has 0 aliphatic carbocycles. The summed E-state index contributed by atoms with van der Waals surface area (Å²) in [6.45, 7) is -0.0434. The lowest BCUT2D eigenvalue weighted by Gasteiger charge is -2.10. The zero-order chi connectivity index (χ0) is 17.4. The summed E-state index contributed by atoms with van der Waals surface area (Å²) < 4.78 is 29.1. The van der Waals surface area contributed by atoms with Crippen molar-refractivity contribution in [3.05, 3.63) is 59.7 Å². The zero-order valence-corrected chi connectivity index (χ0v) is 13.0. The number of carboxylic acids is 1. The first-order chi connectivity index (χ1) is 11.5. The minimum atomic E-state index is -2.49. The van der Waals surface area contributed by atoms with Gasteiger partial charge in [0.1, 0.15) is 12.4 Å². The minimum Gasteiger partial charge on any atom is -0.488 e. The lowest BCUT2D eigenvalue weighted by molar-refractivity contribution is -0.136. The summed E-state index contributed by atoms with van der Waals surface area (Å²) >= 11 is 0. The van der Waals surface area contributed by atoms with Crippen molar-refractivity contribution in [1.29, 1.82) is 0 Å². The Labute approximate surface area is 139 Å². The molecule has 0 atom stereocenters. The van der Waals surface area contributed by atoms with Crippen molar-refractivity contribution < 1.29 is 23.4 Å². The highest BCUT2D eigenvalue weighted by atomic mass is 19.3. The van der Waals surface area contributed by atoms with Crippen molar-refractivity contribution >= 4 is 11.7 Å². The lowest BCUT2D eigenvalue weighted by Crippen LogP contribution is -2.07. The Morgan fingerprint density at radius 3 is 2.54 bits per heavy atom. The van der Waals surface area contributed by atoms with Gasteiger partial charge in [0, 0.05) is 18.7 Å². The van der Waals surface area contributed by atoms with Gasteiger partial charge in [0.15, 0.2) is 0 Å². The number of anilines is 1. The number of ether oxygens (including phenoxy) is 1. The number of rotatable bonds is 9. The number of halogens is 2. The van der Waals surface area contributed by atoms with Crippen LogP contribution < -0.4 is 10.1 Å². The van der Waals surface area contributed by atoms with Gasteiger partial charge in [-0.05, 0) is 41.8 Å². The number of alkyl halides is 2. The van der Waals surface area contributed by atoms with Crippen molar-refractivity contribution in [2.45, 2.75) is 25.8 Å². The van der Waals surface area contributed by atoms with Gasteiger partial charge >= 0.3 is 5.97 Å². The predicted molar refractivity (Wildman–Crippen MR) is 87.7 cm³/mol. The van der Waals surface area contributed by atoms with Crippen molar-refractivity contribution in [2.24, 2.45) is 0 Å². The van der Waals surface area contributed by atoms with Gasteiger partial charge in [-0.25, -0.2) is 8.78 Å². The standard InChI is InChI=1S/C18H19F2NO3/c19-17(20)12-24-16-7-4-14(5-8-16)11-21-15-3-1-2-13(10-15)6-9-18(22)23/h1-5,7-8,10,17,21H,6,9,11-12H2,(H,22,23). The molecule has 4 nitrogen and oxygen atoms in total. The van der Waals surface area contributed by atoms with E-state index in [1.165, 1.54) is 0 Å². The van der Waals surface area contributed by atoms with E-state index in [0.717, 1.165) is 16.8 Å². The van der Waals surface area contributed by atoms with E-state index in [4.69, 9.17) is 9.84 Å². The number of carboxylic acid groups (broad SMARTS) is 1. The van der Waals surface area contributed by atoms with Crippen LogP contribution in [0.3, 0.4) is 0 Å². The van der Waals surface area contributed by atoms with Crippen LogP contribution in [-0.4, -0.2) is 24.1 Å². The summed E-state index contributed by atoms with van der Waals surface area (Å²) in [5.74, 6) is -0.405. The fraction of sp³-hybridized carbons (Fsp3) is 0.278. The Morgan fingerprint density at radius 1 is 1.12 bits per heavy atom. The van der Waals surface area contributed by atoms with Crippen molar-refractivity contribution in [2.75, 3.05) is 11.9 Å². The van der Waals surface area contributed by atoms with E-state index >= 15 is 0 Å². The van der Waals surface area contributed by atoms with Crippen molar-refractivity contribution in [3.63, 3.8) is 0 Å². The molecule has 0 bridgehead atoms. The van der Waals surface area contributed by atoms with E-state index in [1.54, 1.807) is 12.1 Å². The average molecular weight is 335 g/mol. The molecule has 0 aromatic heterocycles. The van der Waals surface area contributed by atoms with Crippen LogP contribution in [0, 0.1) is 0 Å². The summed E-state index contributed by atoms with van der Waals surface area (Å²) in [5, 5.41) is 12.0. The van der Waals surface area contributed by atoms with E-state index < -0.39 is 19.0 Å². The first-order valence-electron chi connectivity index (χ1n) is 7.57. The van der Waals surface area contributed by atoms with E-state index in [0.29, 0.717) is 18.7 Å². The summed E-state index contributed by atoms with van der Waals surface area (Å²) in [6.07, 6.45) is -1.90. The first kappa shape index (κ1) is 17.7. The van der Waals surface area contributed by atoms with Crippen molar-refractivity contribution in [1.82, 2.24) is 0 Å². The third-order valence-electron chi connectivity index (χ3n) is 3.35. The molecule has 0 saturated carbocycles. The van der Waals surface area contributed by atoms with Crippen LogP contribution in [0.15, 0.2) is 48.5 Å². The maximum Gasteiger partial charge on any atom is 0.303 e. The van der Waals surface area contributed by atoms with Gasteiger partial charge in [-0.1, -0.05) is 24.3 Å². The summed E-state index contributed by atoms with van der Waals surface area (Å²) in [4.78, 5) is 10.6. The third-order valence-corrected chi connectivity index (χ3v) is 3.35. The molecule has 0 aliphatic heterocycles. The maximum atomic E-state index is 12.1. The van der Waals surface area contributed by atoms with Crippen molar-refractivity contribution in [3.8, 4) is 5.75 Å². The summed E-state index contributed by atoms with van der Waals surface area (Å²) in [5.41, 5.74) is 2.84. The van der Waals surface area contributed by atoms with Crippen LogP contribution in [0.5, 0.6) is 5.75 Å². The van der Waals surface area contributed by atoms with E-state index in [2.05, 4.69) is 5.32 Å². The third kappa shape index (κ3) is 6.24. The Morgan fingerprint density at radius 2 is 1.88 bits per heavy atom. The Bertz CT molecular complexity index is 660. The van der Waals surface area contributed by atoms with Crippen LogP contribution in [0.1, 0.15) is 17.5 Å². The van der Waals surface area contributed by atoms with Gasteiger partial charge in [0.25, 0.3) is 6.43 Å². The van der Waals surface area contributed by atoms with Crippen LogP contribution in [-0.2, 0) is 17.8 Å². The van der Waals surface area contributed by atoms with Crippen LogP contribution in [0.25, 0.3) is 0 Å². The topological polar surface area (TPSA) is 58.6 Å². The fourth-order valence-electron chi connectivity index (χ4n) is 2.15. The summed E-state index contributed by atoms with van der Waals surface area (Å²) in [6, 6.07) is 14.5. The second kappa shape index (κ2) is 8.86. The largest absolute Gasteiger partial charge is 0.488 e. The van der Waals surface area contributed by atoms with Gasteiger partial charge in [-0.2, -0.15) is 0 Å². The van der Waals surface area contributed by atoms with Gasteiger partial charge < -0.3 is 15.2 Å². The number of benzene rings is 2. The summed E-state index contributed by atoms with van der Waals surface area (Å²) in [7, 11) is 0. The maximum absolute atomic E-state index is 12.1. The molecule has 0 radical (unpaired) electrons. The molecule has 0 fully saturated rings. The molecule has 128 valence electrons. The minimum absolute atomic E-state index is 0.101. The highest BCUT2D eigenvalue weighted by Crippen LogP contribution is 2.16. The lowest BCUT2D eigenvalue weighted by atomic mass is 10.1. The molecular weight excluding hydrogens is 316 g/mol. The molecule has 6 heteroatoms. The molecule has 0 saturated heterocycles. The predicted octanol–water partition coefficient (Wildman–Crippen LogP) is 3.96. The number of nitrogens with one attached hydrogen (secondary N) is 1. The van der Waals surface area contributed by atoms with E-state index in [-0.39, 0.29) is 6.42 Å². The zero-order valence-electron chi connectivity index (χ0n) is 13.0. The van der Waals surface area contributed by atoms with Gasteiger partial charge in [-0.3, -0.25) is 4.79 Å². The first-order valence-corrected chi connectivity index (χ1v) is 7.57. The molecule has 24 heavy (non-hydrogen) atoms. The number of hydrogen-bond donors (Lipinski definition) is 2. The molecule has 2 aromatic rings. The Kier molecular flexibility index (Phi) is 6.54. The van der Waals surface area contributed by atoms with E-state index in [1.807, 2.05) is 36.4 Å². The molecule has 0 amide bonds. The molecule has 0 spiro atoms. The highest BCUT2D eigenvalue weighted by molar-refractivity contribution is 5.67. The molecule has 0 unspecified atom stereocenters. The molecule has 2 N–H and O–H groups in total. The van der Waals surface area contributed by atoms with Crippen LogP contribution >= 0.6 is 0 Å². The number of carbonyl (C=O) groups is 1. The number of aryl methyl sites for hydroxylation is 1. The Hall–Kier alpha value is -2.63. The monoisotopic (exact) mass is 335 g/mol. The smallest absolute Gasteiger partial charge is 0.303 e.